The van der Waals surface area contributed by atoms with E-state index in [4.69, 9.17) is 0 Å². The number of nitrogens with one attached hydrogen (secondary N) is 1. The minimum atomic E-state index is -4.71. The van der Waals surface area contributed by atoms with Crippen molar-refractivity contribution in [2.75, 3.05) is 25.0 Å². The van der Waals surface area contributed by atoms with E-state index < -0.39 is 23.2 Å². The van der Waals surface area contributed by atoms with Gasteiger partial charge in [0.2, 0.25) is 11.8 Å². The number of anilines is 1. The molecule has 1 saturated heterocycles. The van der Waals surface area contributed by atoms with Gasteiger partial charge in [-0.25, -0.2) is 4.98 Å². The lowest BCUT2D eigenvalue weighted by Crippen LogP contribution is -2.55. The minimum absolute atomic E-state index is 0.0233. The van der Waals surface area contributed by atoms with Crippen molar-refractivity contribution in [2.45, 2.75) is 48.0 Å². The van der Waals surface area contributed by atoms with Crippen LogP contribution in [-0.4, -0.2) is 58.2 Å². The average molecular weight is 539 g/mol. The molecule has 1 aromatic heterocycles. The van der Waals surface area contributed by atoms with Crippen LogP contribution in [0.2, 0.25) is 0 Å². The maximum atomic E-state index is 13.9. The summed E-state index contributed by atoms with van der Waals surface area (Å²) in [5.74, 6) is -1.07. The van der Waals surface area contributed by atoms with Gasteiger partial charge in [-0.15, -0.1) is 0 Å². The second-order valence-corrected chi connectivity index (χ2v) is 11.2. The zero-order valence-electron chi connectivity index (χ0n) is 19.7. The third kappa shape index (κ3) is 5.75. The molecule has 12 heteroatoms. The third-order valence-corrected chi connectivity index (χ3v) is 8.27. The smallest absolute Gasteiger partial charge is 0.335 e. The van der Waals surface area contributed by atoms with Crippen molar-refractivity contribution in [2.24, 2.45) is 5.92 Å². The number of alkyl halides is 3. The third-order valence-electron chi connectivity index (χ3n) is 6.10. The van der Waals surface area contributed by atoms with Crippen molar-refractivity contribution in [3.63, 3.8) is 0 Å². The van der Waals surface area contributed by atoms with Gasteiger partial charge >= 0.3 is 6.18 Å². The molecule has 2 aliphatic rings. The van der Waals surface area contributed by atoms with Crippen LogP contribution in [-0.2, 0) is 15.8 Å². The number of halogens is 3. The van der Waals surface area contributed by atoms with E-state index in [1.54, 1.807) is 24.9 Å². The quantitative estimate of drug-likeness (QED) is 0.533. The highest BCUT2D eigenvalue weighted by molar-refractivity contribution is 8.01. The van der Waals surface area contributed by atoms with Gasteiger partial charge in [-0.05, 0) is 50.5 Å². The predicted octanol–water partition coefficient (Wildman–Crippen LogP) is 4.83. The normalized spacial score (nSPS) is 18.2. The fourth-order valence-corrected chi connectivity index (χ4v) is 5.94. The fraction of sp³-hybridized carbons (Fsp3) is 0.417. The zero-order valence-corrected chi connectivity index (χ0v) is 21.4. The van der Waals surface area contributed by atoms with Crippen LogP contribution in [0.1, 0.15) is 41.3 Å². The average Bonchev–Trinajstić information content (AvgIpc) is 3.59. The number of benzene rings is 1. The molecule has 1 atom stereocenters. The van der Waals surface area contributed by atoms with Gasteiger partial charge in [-0.1, -0.05) is 29.7 Å². The van der Waals surface area contributed by atoms with E-state index in [1.807, 2.05) is 0 Å². The van der Waals surface area contributed by atoms with Crippen LogP contribution in [0.4, 0.5) is 18.3 Å². The molecule has 7 nitrogen and oxygen atoms in total. The number of thiazole rings is 1. The number of aromatic nitrogens is 1. The lowest BCUT2D eigenvalue weighted by Gasteiger charge is -2.39. The van der Waals surface area contributed by atoms with Crippen LogP contribution in [0.5, 0.6) is 0 Å². The highest BCUT2D eigenvalue weighted by Crippen LogP contribution is 2.41. The molecule has 2 aromatic rings. The summed E-state index contributed by atoms with van der Waals surface area (Å²) < 4.78 is 42.4. The molecule has 0 unspecified atom stereocenters. The highest BCUT2D eigenvalue weighted by atomic mass is 32.2. The Kier molecular flexibility index (Phi) is 7.46. The zero-order chi connectivity index (χ0) is 26.2. The molecule has 1 aromatic carbocycles. The van der Waals surface area contributed by atoms with E-state index in [2.05, 4.69) is 16.9 Å². The van der Waals surface area contributed by atoms with Crippen LogP contribution < -0.4 is 5.32 Å². The van der Waals surface area contributed by atoms with Crippen LogP contribution in [0.25, 0.3) is 0 Å². The lowest BCUT2D eigenvalue weighted by atomic mass is 10.0. The fourth-order valence-electron chi connectivity index (χ4n) is 3.99. The SMILES string of the molecule is C=CC(=O)N1CCN(C(=O)c2cc(Sc3cnc(NC(=O)C4CC4)s3)c(C)cc2C(F)(F)F)C[C@H]1C. The molecule has 4 rings (SSSR count). The van der Waals surface area contributed by atoms with Crippen molar-refractivity contribution >= 4 is 46.0 Å². The molecule has 3 amide bonds. The van der Waals surface area contributed by atoms with E-state index in [-0.39, 0.29) is 43.4 Å². The Labute approximate surface area is 214 Å². The van der Waals surface area contributed by atoms with Crippen molar-refractivity contribution in [1.82, 2.24) is 14.8 Å². The maximum Gasteiger partial charge on any atom is 0.417 e. The minimum Gasteiger partial charge on any atom is -0.335 e. The van der Waals surface area contributed by atoms with Crippen molar-refractivity contribution in [3.8, 4) is 0 Å². The van der Waals surface area contributed by atoms with Gasteiger partial charge in [0.1, 0.15) is 0 Å². The highest BCUT2D eigenvalue weighted by Gasteiger charge is 2.38. The summed E-state index contributed by atoms with van der Waals surface area (Å²) in [7, 11) is 0. The number of nitrogens with zero attached hydrogens (tertiary/aromatic N) is 3. The van der Waals surface area contributed by atoms with Crippen molar-refractivity contribution < 1.29 is 27.6 Å². The second kappa shape index (κ2) is 10.3. The van der Waals surface area contributed by atoms with Crippen molar-refractivity contribution in [3.05, 3.63) is 47.7 Å². The molecule has 36 heavy (non-hydrogen) atoms. The standard InChI is InChI=1S/C24H25F3N4O3S2/c1-4-19(32)31-8-7-30(12-14(31)3)22(34)16-10-18(13(2)9-17(16)24(25,26)27)35-20-11-28-23(36-20)29-21(33)15-5-6-15/h4,9-11,14-15H,1,5-8,12H2,2-3H3,(H,28,29,33)/t14-/m1/s1. The Morgan fingerprint density at radius 2 is 1.97 bits per heavy atom. The topological polar surface area (TPSA) is 82.6 Å². The Morgan fingerprint density at radius 1 is 1.25 bits per heavy atom. The van der Waals surface area contributed by atoms with Crippen molar-refractivity contribution in [1.29, 1.82) is 0 Å². The number of piperazine rings is 1. The van der Waals surface area contributed by atoms with E-state index >= 15 is 0 Å². The molecule has 0 spiro atoms. The van der Waals surface area contributed by atoms with Crippen LogP contribution >= 0.6 is 23.1 Å². The van der Waals surface area contributed by atoms with E-state index in [9.17, 15) is 27.6 Å². The Hall–Kier alpha value is -2.86. The summed E-state index contributed by atoms with van der Waals surface area (Å²) in [6, 6.07) is 1.91. The molecular weight excluding hydrogens is 513 g/mol. The summed E-state index contributed by atoms with van der Waals surface area (Å²) in [5, 5.41) is 3.18. The molecule has 192 valence electrons. The number of amides is 3. The first-order valence-corrected chi connectivity index (χ1v) is 13.0. The summed E-state index contributed by atoms with van der Waals surface area (Å²) >= 11 is 2.42. The van der Waals surface area contributed by atoms with Gasteiger partial charge in [0.25, 0.3) is 5.91 Å². The van der Waals surface area contributed by atoms with Gasteiger partial charge in [-0.3, -0.25) is 14.4 Å². The molecular formula is C24H25F3N4O3S2. The largest absolute Gasteiger partial charge is 0.417 e. The first-order valence-electron chi connectivity index (χ1n) is 11.4. The van der Waals surface area contributed by atoms with E-state index in [0.29, 0.717) is 19.8 Å². The number of hydrogen-bond donors (Lipinski definition) is 1. The summed E-state index contributed by atoms with van der Waals surface area (Å²) in [6.45, 7) is 7.21. The maximum absolute atomic E-state index is 13.9. The Balaban J connectivity index is 1.57. The van der Waals surface area contributed by atoms with Crippen LogP contribution in [0, 0.1) is 12.8 Å². The van der Waals surface area contributed by atoms with Gasteiger partial charge in [0.05, 0.1) is 21.5 Å². The molecule has 1 aliphatic carbocycles. The number of hydrogen-bond acceptors (Lipinski definition) is 6. The number of carbonyl (C=O) groups is 3. The molecule has 0 radical (unpaired) electrons. The van der Waals surface area contributed by atoms with Gasteiger partial charge in [0, 0.05) is 36.5 Å². The monoisotopic (exact) mass is 538 g/mol. The van der Waals surface area contributed by atoms with Crippen LogP contribution in [0.3, 0.4) is 0 Å². The molecule has 2 heterocycles. The lowest BCUT2D eigenvalue weighted by molar-refractivity contribution is -0.138. The number of carbonyl (C=O) groups excluding carboxylic acids is 3. The Morgan fingerprint density at radius 3 is 2.58 bits per heavy atom. The summed E-state index contributed by atoms with van der Waals surface area (Å²) in [4.78, 5) is 44.8. The van der Waals surface area contributed by atoms with E-state index in [0.717, 1.165) is 18.9 Å². The van der Waals surface area contributed by atoms with E-state index in [1.165, 1.54) is 40.1 Å². The Bertz CT molecular complexity index is 1210. The van der Waals surface area contributed by atoms with Crippen LogP contribution in [0.15, 0.2) is 40.1 Å². The van der Waals surface area contributed by atoms with Gasteiger partial charge in [-0.2, -0.15) is 13.2 Å². The molecule has 1 saturated carbocycles. The first-order chi connectivity index (χ1) is 17.0. The number of rotatable bonds is 6. The summed E-state index contributed by atoms with van der Waals surface area (Å²) in [6.07, 6.45) is -0.261. The molecule has 0 bridgehead atoms. The second-order valence-electron chi connectivity index (χ2n) is 8.85. The first kappa shape index (κ1) is 26.2. The van der Waals surface area contributed by atoms with Gasteiger partial charge < -0.3 is 15.1 Å². The predicted molar refractivity (Wildman–Crippen MR) is 131 cm³/mol. The van der Waals surface area contributed by atoms with Gasteiger partial charge in [0.15, 0.2) is 5.13 Å². The summed E-state index contributed by atoms with van der Waals surface area (Å²) in [5.41, 5.74) is -1.05. The molecule has 1 N–H and O–H groups in total. The molecule has 1 aliphatic heterocycles. The molecule has 2 fully saturated rings. The number of aryl methyl sites for hydroxylation is 1.